The number of hydrogen-bond donors (Lipinski definition) is 1. The normalized spacial score (nSPS) is 15.9. The maximum atomic E-state index is 5.50. The molecule has 0 fully saturated rings. The van der Waals surface area contributed by atoms with Crippen LogP contribution in [0.3, 0.4) is 0 Å². The van der Waals surface area contributed by atoms with Crippen molar-refractivity contribution in [3.8, 4) is 0 Å². The number of nitrogens with zero attached hydrogens (tertiary/aromatic N) is 2. The van der Waals surface area contributed by atoms with Crippen LogP contribution in [0, 0.1) is 0 Å². The third-order valence-electron chi connectivity index (χ3n) is 1.24. The molecule has 60 valence electrons. The van der Waals surface area contributed by atoms with Gasteiger partial charge in [0.15, 0.2) is 5.17 Å². The molecule has 4 heteroatoms. The first-order valence-corrected chi connectivity index (χ1v) is 4.01. The van der Waals surface area contributed by atoms with Crippen LogP contribution in [0.5, 0.6) is 0 Å². The lowest BCUT2D eigenvalue weighted by Crippen LogP contribution is -2.24. The summed E-state index contributed by atoms with van der Waals surface area (Å²) in [6.45, 7) is 2.09. The lowest BCUT2D eigenvalue weighted by Gasteiger charge is -2.17. The molecule has 0 aromatic carbocycles. The van der Waals surface area contributed by atoms with E-state index >= 15 is 0 Å². The van der Waals surface area contributed by atoms with Crippen LogP contribution in [0.2, 0.25) is 0 Å². The molecular formula is C6H15N3S. The summed E-state index contributed by atoms with van der Waals surface area (Å²) in [5.41, 5.74) is 5.50. The summed E-state index contributed by atoms with van der Waals surface area (Å²) in [6, 6.07) is 0. The Kier molecular flexibility index (Phi) is 4.47. The van der Waals surface area contributed by atoms with Gasteiger partial charge in [-0.1, -0.05) is 11.8 Å². The molecule has 0 aromatic rings. The fraction of sp³-hybridized carbons (Fsp3) is 0.833. The summed E-state index contributed by atoms with van der Waals surface area (Å²) >= 11 is 1.56. The predicted molar refractivity (Wildman–Crippen MR) is 48.3 cm³/mol. The highest BCUT2D eigenvalue weighted by Crippen LogP contribution is 2.10. The van der Waals surface area contributed by atoms with Crippen molar-refractivity contribution in [1.29, 1.82) is 0 Å². The van der Waals surface area contributed by atoms with E-state index in [0.29, 0.717) is 10.5 Å². The highest BCUT2D eigenvalue weighted by atomic mass is 32.2. The number of amidine groups is 1. The largest absolute Gasteiger partial charge is 0.378 e. The maximum Gasteiger partial charge on any atom is 0.155 e. The van der Waals surface area contributed by atoms with Gasteiger partial charge < -0.3 is 5.73 Å². The lowest BCUT2D eigenvalue weighted by molar-refractivity contribution is 0.403. The van der Waals surface area contributed by atoms with Crippen LogP contribution in [-0.2, 0) is 0 Å². The second kappa shape index (κ2) is 4.57. The van der Waals surface area contributed by atoms with Crippen molar-refractivity contribution >= 4 is 16.9 Å². The Morgan fingerprint density at radius 2 is 2.10 bits per heavy atom. The minimum Gasteiger partial charge on any atom is -0.378 e. The molecule has 0 saturated carbocycles. The summed E-state index contributed by atoms with van der Waals surface area (Å²) in [7, 11) is 5.73. The van der Waals surface area contributed by atoms with Crippen LogP contribution in [0.1, 0.15) is 6.92 Å². The van der Waals surface area contributed by atoms with Crippen LogP contribution in [-0.4, -0.2) is 36.6 Å². The quantitative estimate of drug-likeness (QED) is 0.366. The van der Waals surface area contributed by atoms with E-state index in [1.54, 1.807) is 18.8 Å². The Bertz CT molecular complexity index is 122. The first-order chi connectivity index (χ1) is 4.57. The molecule has 0 aromatic heterocycles. The predicted octanol–water partition coefficient (Wildman–Crippen LogP) is 0.572. The van der Waals surface area contributed by atoms with Gasteiger partial charge in [-0.3, -0.25) is 9.89 Å². The van der Waals surface area contributed by atoms with Crippen molar-refractivity contribution in [3.63, 3.8) is 0 Å². The minimum atomic E-state index is 0.392. The third-order valence-corrected chi connectivity index (χ3v) is 2.43. The average molecular weight is 161 g/mol. The standard InChI is InChI=1S/C6H15N3S/c1-5(9(3)4)10-6(7)8-2/h5H,1-4H3,(H2,7,8). The summed E-state index contributed by atoms with van der Waals surface area (Å²) in [4.78, 5) is 5.93. The zero-order valence-corrected chi connectivity index (χ0v) is 7.77. The third kappa shape index (κ3) is 3.74. The SMILES string of the molecule is CN=C(N)SC(C)N(C)C. The van der Waals surface area contributed by atoms with Crippen LogP contribution in [0.4, 0.5) is 0 Å². The topological polar surface area (TPSA) is 41.6 Å². The van der Waals surface area contributed by atoms with Gasteiger partial charge in [0.1, 0.15) is 0 Å². The van der Waals surface area contributed by atoms with Gasteiger partial charge in [-0.05, 0) is 21.0 Å². The summed E-state index contributed by atoms with van der Waals surface area (Å²) in [5.74, 6) is 0. The zero-order valence-electron chi connectivity index (χ0n) is 6.96. The van der Waals surface area contributed by atoms with E-state index in [0.717, 1.165) is 0 Å². The van der Waals surface area contributed by atoms with Crippen LogP contribution < -0.4 is 5.73 Å². The van der Waals surface area contributed by atoms with Gasteiger partial charge in [-0.2, -0.15) is 0 Å². The Morgan fingerprint density at radius 1 is 1.60 bits per heavy atom. The molecule has 0 aliphatic heterocycles. The zero-order chi connectivity index (χ0) is 8.15. The fourth-order valence-electron chi connectivity index (χ4n) is 0.333. The van der Waals surface area contributed by atoms with E-state index in [2.05, 4.69) is 16.8 Å². The smallest absolute Gasteiger partial charge is 0.155 e. The lowest BCUT2D eigenvalue weighted by atomic mass is 10.7. The Hall–Kier alpha value is -0.220. The number of rotatable bonds is 2. The molecule has 0 aliphatic carbocycles. The fourth-order valence-corrected chi connectivity index (χ4v) is 0.999. The van der Waals surface area contributed by atoms with Crippen molar-refractivity contribution in [2.45, 2.75) is 12.3 Å². The second-order valence-electron chi connectivity index (χ2n) is 2.24. The first-order valence-electron chi connectivity index (χ1n) is 3.13. The molecule has 0 heterocycles. The Labute approximate surface area is 66.7 Å². The van der Waals surface area contributed by atoms with Crippen LogP contribution >= 0.6 is 11.8 Å². The molecular weight excluding hydrogens is 146 g/mol. The molecule has 0 amide bonds. The highest BCUT2D eigenvalue weighted by Gasteiger charge is 2.05. The number of nitrogens with two attached hydrogens (primary N) is 1. The van der Waals surface area contributed by atoms with Crippen molar-refractivity contribution in [2.75, 3.05) is 21.1 Å². The Morgan fingerprint density at radius 3 is 2.40 bits per heavy atom. The van der Waals surface area contributed by atoms with Crippen molar-refractivity contribution < 1.29 is 0 Å². The van der Waals surface area contributed by atoms with Crippen molar-refractivity contribution in [1.82, 2.24) is 4.90 Å². The summed E-state index contributed by atoms with van der Waals surface area (Å²) < 4.78 is 0. The summed E-state index contributed by atoms with van der Waals surface area (Å²) in [5, 5.41) is 1.03. The van der Waals surface area contributed by atoms with Gasteiger partial charge in [0.05, 0.1) is 5.37 Å². The van der Waals surface area contributed by atoms with Crippen molar-refractivity contribution in [2.24, 2.45) is 10.7 Å². The highest BCUT2D eigenvalue weighted by molar-refractivity contribution is 8.14. The first kappa shape index (κ1) is 9.78. The van der Waals surface area contributed by atoms with Crippen LogP contribution in [0.15, 0.2) is 4.99 Å². The maximum absolute atomic E-state index is 5.50. The van der Waals surface area contributed by atoms with Gasteiger partial charge >= 0.3 is 0 Å². The van der Waals surface area contributed by atoms with Crippen LogP contribution in [0.25, 0.3) is 0 Å². The molecule has 10 heavy (non-hydrogen) atoms. The van der Waals surface area contributed by atoms with Gasteiger partial charge in [-0.15, -0.1) is 0 Å². The molecule has 0 bridgehead atoms. The monoisotopic (exact) mass is 161 g/mol. The molecule has 0 radical (unpaired) electrons. The molecule has 0 aliphatic rings. The van der Waals surface area contributed by atoms with E-state index in [9.17, 15) is 0 Å². The van der Waals surface area contributed by atoms with Gasteiger partial charge in [0, 0.05) is 7.05 Å². The molecule has 1 atom stereocenters. The van der Waals surface area contributed by atoms with E-state index in [1.165, 1.54) is 0 Å². The molecule has 2 N–H and O–H groups in total. The van der Waals surface area contributed by atoms with Gasteiger partial charge in [0.2, 0.25) is 0 Å². The van der Waals surface area contributed by atoms with E-state index in [4.69, 9.17) is 5.73 Å². The number of aliphatic imine (C=N–C) groups is 1. The minimum absolute atomic E-state index is 0.392. The molecule has 0 spiro atoms. The summed E-state index contributed by atoms with van der Waals surface area (Å²) in [6.07, 6.45) is 0. The molecule has 3 nitrogen and oxygen atoms in total. The molecule has 0 rings (SSSR count). The van der Waals surface area contributed by atoms with Gasteiger partial charge in [-0.25, -0.2) is 0 Å². The van der Waals surface area contributed by atoms with E-state index < -0.39 is 0 Å². The number of hydrogen-bond acceptors (Lipinski definition) is 3. The van der Waals surface area contributed by atoms with E-state index in [-0.39, 0.29) is 0 Å². The second-order valence-corrected chi connectivity index (χ2v) is 3.58. The van der Waals surface area contributed by atoms with Gasteiger partial charge in [0.25, 0.3) is 0 Å². The number of thioether (sulfide) groups is 1. The average Bonchev–Trinajstić information content (AvgIpc) is 1.87. The Balaban J connectivity index is 3.68. The van der Waals surface area contributed by atoms with Crippen molar-refractivity contribution in [3.05, 3.63) is 0 Å². The molecule has 0 saturated heterocycles. The molecule has 1 unspecified atom stereocenters. The van der Waals surface area contributed by atoms with E-state index in [1.807, 2.05) is 14.1 Å².